The van der Waals surface area contributed by atoms with Gasteiger partial charge in [-0.3, -0.25) is 4.72 Å². The summed E-state index contributed by atoms with van der Waals surface area (Å²) < 4.78 is 71.7. The van der Waals surface area contributed by atoms with Crippen LogP contribution >= 0.6 is 0 Å². The smallest absolute Gasteiger partial charge is 0.263 e. The van der Waals surface area contributed by atoms with Crippen molar-refractivity contribution in [3.63, 3.8) is 0 Å². The normalized spacial score (nSPS) is 10.9. The maximum absolute atomic E-state index is 13.3. The Bertz CT molecular complexity index is 1160. The van der Waals surface area contributed by atoms with E-state index in [1.165, 1.54) is 6.07 Å². The second-order valence-electron chi connectivity index (χ2n) is 5.44. The highest BCUT2D eigenvalue weighted by atomic mass is 32.2. The fraction of sp³-hybridized carbons (Fsp3) is 0. The number of nitriles is 1. The molecule has 0 atom stereocenters. The Labute approximate surface area is 157 Å². The number of nitrogens with zero attached hydrogens (tertiary/aromatic N) is 2. The van der Waals surface area contributed by atoms with Crippen LogP contribution < -0.4 is 9.46 Å². The molecule has 0 amide bonds. The number of sulfonamides is 1. The van der Waals surface area contributed by atoms with Crippen LogP contribution in [0.4, 0.5) is 19.0 Å². The molecular formula is C18H10F3N3O3S. The molecule has 3 rings (SSSR count). The number of hydrogen-bond acceptors (Lipinski definition) is 5. The molecule has 0 aliphatic heterocycles. The van der Waals surface area contributed by atoms with Gasteiger partial charge in [-0.2, -0.15) is 5.26 Å². The Balaban J connectivity index is 1.90. The minimum absolute atomic E-state index is 0.0913. The fourth-order valence-electron chi connectivity index (χ4n) is 2.20. The van der Waals surface area contributed by atoms with Crippen molar-refractivity contribution >= 4 is 15.8 Å². The summed E-state index contributed by atoms with van der Waals surface area (Å²) in [4.78, 5) is 3.31. The van der Waals surface area contributed by atoms with Gasteiger partial charge < -0.3 is 4.74 Å². The van der Waals surface area contributed by atoms with Crippen molar-refractivity contribution in [1.29, 1.82) is 5.26 Å². The zero-order chi connectivity index (χ0) is 20.3. The molecule has 0 saturated carbocycles. The first kappa shape index (κ1) is 19.2. The molecule has 0 radical (unpaired) electrons. The average molecular weight is 405 g/mol. The highest BCUT2D eigenvalue weighted by Gasteiger charge is 2.18. The van der Waals surface area contributed by atoms with Crippen LogP contribution in [0.2, 0.25) is 0 Å². The van der Waals surface area contributed by atoms with E-state index in [9.17, 15) is 26.9 Å². The average Bonchev–Trinajstić information content (AvgIpc) is 2.63. The highest BCUT2D eigenvalue weighted by molar-refractivity contribution is 7.92. The van der Waals surface area contributed by atoms with E-state index in [4.69, 9.17) is 4.74 Å². The summed E-state index contributed by atoms with van der Waals surface area (Å²) in [6, 6.07) is 9.74. The summed E-state index contributed by atoms with van der Waals surface area (Å²) in [7, 11) is -4.12. The van der Waals surface area contributed by atoms with E-state index < -0.39 is 27.5 Å². The van der Waals surface area contributed by atoms with Gasteiger partial charge in [-0.05, 0) is 30.3 Å². The zero-order valence-corrected chi connectivity index (χ0v) is 14.7. The molecular weight excluding hydrogens is 395 g/mol. The molecule has 0 spiro atoms. The lowest BCUT2D eigenvalue weighted by atomic mass is 10.2. The van der Waals surface area contributed by atoms with Gasteiger partial charge in [0, 0.05) is 18.2 Å². The molecule has 0 aliphatic rings. The van der Waals surface area contributed by atoms with Crippen LogP contribution in [0, 0.1) is 28.8 Å². The van der Waals surface area contributed by atoms with E-state index in [1.54, 1.807) is 6.07 Å². The summed E-state index contributed by atoms with van der Waals surface area (Å²) in [6.45, 7) is 0. The van der Waals surface area contributed by atoms with E-state index in [-0.39, 0.29) is 27.8 Å². The van der Waals surface area contributed by atoms with Crippen molar-refractivity contribution in [3.05, 3.63) is 77.7 Å². The minimum atomic E-state index is -4.12. The van der Waals surface area contributed by atoms with E-state index in [2.05, 4.69) is 9.71 Å². The van der Waals surface area contributed by atoms with Crippen molar-refractivity contribution in [3.8, 4) is 17.6 Å². The molecule has 0 aliphatic carbocycles. The lowest BCUT2D eigenvalue weighted by Gasteiger charge is -2.11. The van der Waals surface area contributed by atoms with Crippen LogP contribution in [0.25, 0.3) is 0 Å². The van der Waals surface area contributed by atoms with Gasteiger partial charge in [-0.25, -0.2) is 26.6 Å². The number of pyridine rings is 1. The second kappa shape index (κ2) is 7.58. The van der Waals surface area contributed by atoms with E-state index in [0.29, 0.717) is 6.07 Å². The molecule has 3 aromatic rings. The van der Waals surface area contributed by atoms with Crippen LogP contribution in [-0.4, -0.2) is 13.4 Å². The molecule has 0 unspecified atom stereocenters. The van der Waals surface area contributed by atoms with E-state index in [1.807, 2.05) is 0 Å². The molecule has 1 aromatic heterocycles. The monoisotopic (exact) mass is 405 g/mol. The van der Waals surface area contributed by atoms with Crippen LogP contribution in [0.1, 0.15) is 5.56 Å². The Morgan fingerprint density at radius 1 is 0.964 bits per heavy atom. The third-order valence-electron chi connectivity index (χ3n) is 3.41. The maximum atomic E-state index is 13.3. The van der Waals surface area contributed by atoms with Gasteiger partial charge in [0.1, 0.15) is 40.8 Å². The van der Waals surface area contributed by atoms with Crippen molar-refractivity contribution in [1.82, 2.24) is 4.98 Å². The van der Waals surface area contributed by atoms with Crippen LogP contribution in [-0.2, 0) is 10.0 Å². The second-order valence-corrected chi connectivity index (χ2v) is 7.13. The van der Waals surface area contributed by atoms with Crippen LogP contribution in [0.15, 0.2) is 59.6 Å². The molecule has 142 valence electrons. The van der Waals surface area contributed by atoms with Gasteiger partial charge in [0.25, 0.3) is 10.0 Å². The van der Waals surface area contributed by atoms with Crippen molar-refractivity contribution in [2.24, 2.45) is 0 Å². The summed E-state index contributed by atoms with van der Waals surface area (Å²) >= 11 is 0. The molecule has 6 nitrogen and oxygen atoms in total. The Morgan fingerprint density at radius 2 is 1.68 bits per heavy atom. The Morgan fingerprint density at radius 3 is 2.29 bits per heavy atom. The summed E-state index contributed by atoms with van der Waals surface area (Å²) in [5.74, 6) is -2.78. The minimum Gasteiger partial charge on any atom is -0.456 e. The summed E-state index contributed by atoms with van der Waals surface area (Å²) in [6.07, 6.45) is 0.841. The highest BCUT2D eigenvalue weighted by Crippen LogP contribution is 2.28. The molecule has 0 saturated heterocycles. The first-order chi connectivity index (χ1) is 13.3. The van der Waals surface area contributed by atoms with Gasteiger partial charge in [-0.1, -0.05) is 0 Å². The number of hydrogen-bond donors (Lipinski definition) is 1. The Kier molecular flexibility index (Phi) is 5.19. The van der Waals surface area contributed by atoms with Crippen molar-refractivity contribution in [2.75, 3.05) is 4.72 Å². The number of anilines is 1. The summed E-state index contributed by atoms with van der Waals surface area (Å²) in [5.41, 5.74) is -0.181. The van der Waals surface area contributed by atoms with Crippen LogP contribution in [0.5, 0.6) is 11.5 Å². The van der Waals surface area contributed by atoms with Gasteiger partial charge in [0.15, 0.2) is 0 Å². The number of aromatic nitrogens is 1. The third-order valence-corrected chi connectivity index (χ3v) is 4.76. The lowest BCUT2D eigenvalue weighted by molar-refractivity contribution is 0.466. The van der Waals surface area contributed by atoms with Crippen molar-refractivity contribution in [2.45, 2.75) is 4.90 Å². The third kappa shape index (κ3) is 4.39. The number of nitrogens with one attached hydrogen (secondary N) is 1. The molecule has 0 fully saturated rings. The first-order valence-electron chi connectivity index (χ1n) is 7.59. The maximum Gasteiger partial charge on any atom is 0.263 e. The Hall–Kier alpha value is -3.58. The summed E-state index contributed by atoms with van der Waals surface area (Å²) in [5, 5.41) is 9.27. The largest absolute Gasteiger partial charge is 0.456 e. The lowest BCUT2D eigenvalue weighted by Crippen LogP contribution is -2.14. The number of halogens is 3. The molecule has 1 N–H and O–H groups in total. The predicted molar refractivity (Wildman–Crippen MR) is 92.6 cm³/mol. The number of ether oxygens (including phenoxy) is 1. The zero-order valence-electron chi connectivity index (χ0n) is 13.9. The van der Waals surface area contributed by atoms with Crippen LogP contribution in [0.3, 0.4) is 0 Å². The fourth-order valence-corrected chi connectivity index (χ4v) is 3.23. The van der Waals surface area contributed by atoms with Crippen molar-refractivity contribution < 1.29 is 26.3 Å². The van der Waals surface area contributed by atoms with Gasteiger partial charge >= 0.3 is 0 Å². The van der Waals surface area contributed by atoms with Gasteiger partial charge in [-0.15, -0.1) is 0 Å². The van der Waals surface area contributed by atoms with E-state index >= 15 is 0 Å². The predicted octanol–water partition coefficient (Wildman–Crippen LogP) is 3.96. The standard InChI is InChI=1S/C18H10F3N3O3S/c19-12-1-4-18(23-10-12)24-28(25,26)16-2-3-17(11(5-16)9-22)27-15-7-13(20)6-14(21)8-15/h1-8,10H,(H,23,24). The SMILES string of the molecule is N#Cc1cc(S(=O)(=O)Nc2ccc(F)cn2)ccc1Oc1cc(F)cc(F)c1. The quantitative estimate of drug-likeness (QED) is 0.694. The molecule has 1 heterocycles. The number of benzene rings is 2. The molecule has 2 aromatic carbocycles. The topological polar surface area (TPSA) is 92.1 Å². The first-order valence-corrected chi connectivity index (χ1v) is 9.07. The van der Waals surface area contributed by atoms with Gasteiger partial charge in [0.2, 0.25) is 0 Å². The molecule has 28 heavy (non-hydrogen) atoms. The van der Waals surface area contributed by atoms with E-state index in [0.717, 1.165) is 42.6 Å². The molecule has 0 bridgehead atoms. The molecule has 10 heteroatoms. The van der Waals surface area contributed by atoms with Gasteiger partial charge in [0.05, 0.1) is 16.7 Å². The number of rotatable bonds is 5.